The molecule has 0 radical (unpaired) electrons. The van der Waals surface area contributed by atoms with Crippen molar-refractivity contribution in [2.45, 2.75) is 13.2 Å². The lowest BCUT2D eigenvalue weighted by Crippen LogP contribution is -2.18. The standard InChI is InChI=1S/C24H26N6O/c1-29(2)13-14-30-16-20(15-27-28-21-11-7-4-8-12-21)22-23(30)25-18-26-24(22)31-17-19-9-5-3-6-10-19/h3-12,15-16,18,28H,13-14,17H2,1-2H3/b27-15+. The summed E-state index contributed by atoms with van der Waals surface area (Å²) in [7, 11) is 4.11. The second-order valence-corrected chi connectivity index (χ2v) is 7.47. The molecule has 4 rings (SSSR count). The summed E-state index contributed by atoms with van der Waals surface area (Å²) in [5.41, 5.74) is 6.81. The Bertz CT molecular complexity index is 1140. The molecular formula is C24H26N6O. The number of hydrazone groups is 1. The molecule has 158 valence electrons. The summed E-state index contributed by atoms with van der Waals surface area (Å²) >= 11 is 0. The van der Waals surface area contributed by atoms with Gasteiger partial charge < -0.3 is 14.2 Å². The van der Waals surface area contributed by atoms with E-state index in [9.17, 15) is 0 Å². The molecule has 2 aromatic heterocycles. The van der Waals surface area contributed by atoms with Crippen LogP contribution in [0, 0.1) is 0 Å². The molecular weight excluding hydrogens is 388 g/mol. The molecule has 7 heteroatoms. The molecule has 7 nitrogen and oxygen atoms in total. The number of rotatable bonds is 9. The lowest BCUT2D eigenvalue weighted by atomic mass is 10.2. The summed E-state index contributed by atoms with van der Waals surface area (Å²) in [5, 5.41) is 5.28. The molecule has 31 heavy (non-hydrogen) atoms. The van der Waals surface area contributed by atoms with Gasteiger partial charge in [0.1, 0.15) is 18.6 Å². The fourth-order valence-corrected chi connectivity index (χ4v) is 3.23. The summed E-state index contributed by atoms with van der Waals surface area (Å²) in [6.45, 7) is 2.14. The molecule has 0 bridgehead atoms. The van der Waals surface area contributed by atoms with Gasteiger partial charge in [0.25, 0.3) is 0 Å². The van der Waals surface area contributed by atoms with Crippen LogP contribution < -0.4 is 10.2 Å². The number of ether oxygens (including phenoxy) is 1. The number of nitrogens with one attached hydrogen (secondary N) is 1. The minimum Gasteiger partial charge on any atom is -0.472 e. The predicted molar refractivity (Wildman–Crippen MR) is 125 cm³/mol. The molecule has 2 aromatic carbocycles. The van der Waals surface area contributed by atoms with Crippen molar-refractivity contribution >= 4 is 22.9 Å². The summed E-state index contributed by atoms with van der Waals surface area (Å²) in [6.07, 6.45) is 5.40. The lowest BCUT2D eigenvalue weighted by Gasteiger charge is -2.11. The third kappa shape index (κ3) is 5.26. The van der Waals surface area contributed by atoms with E-state index in [2.05, 4.69) is 44.1 Å². The molecule has 4 aromatic rings. The third-order valence-corrected chi connectivity index (χ3v) is 4.83. The first-order chi connectivity index (χ1) is 15.2. The van der Waals surface area contributed by atoms with Gasteiger partial charge in [-0.05, 0) is 31.8 Å². The van der Waals surface area contributed by atoms with Crippen molar-refractivity contribution in [2.24, 2.45) is 5.10 Å². The SMILES string of the molecule is CN(C)CCn1cc(/C=N/Nc2ccccc2)c2c(OCc3ccccc3)ncnc21. The average molecular weight is 415 g/mol. The first-order valence-corrected chi connectivity index (χ1v) is 10.2. The van der Waals surface area contributed by atoms with Crippen LogP contribution in [-0.4, -0.2) is 46.3 Å². The van der Waals surface area contributed by atoms with Gasteiger partial charge in [0.05, 0.1) is 17.3 Å². The van der Waals surface area contributed by atoms with Crippen molar-refractivity contribution in [3.63, 3.8) is 0 Å². The molecule has 0 aliphatic carbocycles. The summed E-state index contributed by atoms with van der Waals surface area (Å²) < 4.78 is 8.21. The average Bonchev–Trinajstić information content (AvgIpc) is 3.16. The number of likely N-dealkylation sites (N-methyl/N-ethyl adjacent to an activating group) is 1. The van der Waals surface area contributed by atoms with Gasteiger partial charge in [0.2, 0.25) is 5.88 Å². The van der Waals surface area contributed by atoms with Crippen molar-refractivity contribution < 1.29 is 4.74 Å². The number of benzene rings is 2. The van der Waals surface area contributed by atoms with E-state index >= 15 is 0 Å². The quantitative estimate of drug-likeness (QED) is 0.331. The molecule has 0 amide bonds. The summed E-state index contributed by atoms with van der Waals surface area (Å²) in [5.74, 6) is 0.554. The van der Waals surface area contributed by atoms with Crippen LogP contribution in [0.5, 0.6) is 5.88 Å². The molecule has 0 saturated heterocycles. The zero-order chi connectivity index (χ0) is 21.5. The minimum atomic E-state index is 0.439. The molecule has 2 heterocycles. The van der Waals surface area contributed by atoms with Crippen molar-refractivity contribution in [1.29, 1.82) is 0 Å². The topological polar surface area (TPSA) is 67.6 Å². The molecule has 0 aliphatic heterocycles. The van der Waals surface area contributed by atoms with E-state index < -0.39 is 0 Å². The zero-order valence-electron chi connectivity index (χ0n) is 17.8. The predicted octanol–water partition coefficient (Wildman–Crippen LogP) is 4.02. The van der Waals surface area contributed by atoms with Crippen molar-refractivity contribution in [3.8, 4) is 5.88 Å². The van der Waals surface area contributed by atoms with Crippen LogP contribution >= 0.6 is 0 Å². The van der Waals surface area contributed by atoms with Crippen LogP contribution in [0.4, 0.5) is 5.69 Å². The number of anilines is 1. The molecule has 0 spiro atoms. The number of para-hydroxylation sites is 1. The number of aromatic nitrogens is 3. The van der Waals surface area contributed by atoms with Crippen LogP contribution in [-0.2, 0) is 13.2 Å². The highest BCUT2D eigenvalue weighted by molar-refractivity contribution is 6.00. The van der Waals surface area contributed by atoms with Gasteiger partial charge >= 0.3 is 0 Å². The Kier molecular flexibility index (Phi) is 6.54. The van der Waals surface area contributed by atoms with Gasteiger partial charge in [-0.1, -0.05) is 48.5 Å². The van der Waals surface area contributed by atoms with Gasteiger partial charge in [0.15, 0.2) is 0 Å². The Hall–Kier alpha value is -3.71. The van der Waals surface area contributed by atoms with Crippen LogP contribution in [0.2, 0.25) is 0 Å². The molecule has 0 atom stereocenters. The highest BCUT2D eigenvalue weighted by Crippen LogP contribution is 2.27. The number of hydrogen-bond donors (Lipinski definition) is 1. The smallest absolute Gasteiger partial charge is 0.227 e. The Morgan fingerprint density at radius 2 is 1.77 bits per heavy atom. The van der Waals surface area contributed by atoms with Gasteiger partial charge in [-0.25, -0.2) is 9.97 Å². The Morgan fingerprint density at radius 1 is 1.03 bits per heavy atom. The maximum absolute atomic E-state index is 6.09. The molecule has 0 unspecified atom stereocenters. The van der Waals surface area contributed by atoms with E-state index in [-0.39, 0.29) is 0 Å². The summed E-state index contributed by atoms with van der Waals surface area (Å²) in [4.78, 5) is 11.1. The van der Waals surface area contributed by atoms with Gasteiger partial charge in [0, 0.05) is 24.8 Å². The van der Waals surface area contributed by atoms with Crippen LogP contribution in [0.1, 0.15) is 11.1 Å². The van der Waals surface area contributed by atoms with E-state index in [4.69, 9.17) is 4.74 Å². The van der Waals surface area contributed by atoms with Crippen molar-refractivity contribution in [3.05, 3.63) is 84.3 Å². The Morgan fingerprint density at radius 3 is 2.52 bits per heavy atom. The summed E-state index contributed by atoms with van der Waals surface area (Å²) in [6, 6.07) is 19.9. The fraction of sp³-hybridized carbons (Fsp3) is 0.208. The van der Waals surface area contributed by atoms with Crippen molar-refractivity contribution in [2.75, 3.05) is 26.1 Å². The first kappa shape index (κ1) is 20.6. The maximum atomic E-state index is 6.09. The molecule has 1 N–H and O–H groups in total. The van der Waals surface area contributed by atoms with Gasteiger partial charge in [-0.15, -0.1) is 0 Å². The zero-order valence-corrected chi connectivity index (χ0v) is 17.8. The number of hydrogen-bond acceptors (Lipinski definition) is 6. The van der Waals surface area contributed by atoms with Crippen LogP contribution in [0.3, 0.4) is 0 Å². The Balaban J connectivity index is 1.64. The second-order valence-electron chi connectivity index (χ2n) is 7.47. The number of fused-ring (bicyclic) bond motifs is 1. The van der Waals surface area contributed by atoms with Crippen molar-refractivity contribution in [1.82, 2.24) is 19.4 Å². The van der Waals surface area contributed by atoms with E-state index in [0.29, 0.717) is 12.5 Å². The van der Waals surface area contributed by atoms with Crippen LogP contribution in [0.25, 0.3) is 11.0 Å². The second kappa shape index (κ2) is 9.86. The first-order valence-electron chi connectivity index (χ1n) is 10.2. The molecule has 0 fully saturated rings. The number of nitrogens with zero attached hydrogens (tertiary/aromatic N) is 5. The van der Waals surface area contributed by atoms with E-state index in [0.717, 1.165) is 40.9 Å². The lowest BCUT2D eigenvalue weighted by molar-refractivity contribution is 0.297. The maximum Gasteiger partial charge on any atom is 0.227 e. The Labute approximate surface area is 182 Å². The molecule has 0 saturated carbocycles. The van der Waals surface area contributed by atoms with E-state index in [1.807, 2.05) is 66.9 Å². The normalized spacial score (nSPS) is 11.5. The van der Waals surface area contributed by atoms with E-state index in [1.54, 1.807) is 12.5 Å². The van der Waals surface area contributed by atoms with Gasteiger partial charge in [-0.3, -0.25) is 5.43 Å². The third-order valence-electron chi connectivity index (χ3n) is 4.83. The van der Waals surface area contributed by atoms with Gasteiger partial charge in [-0.2, -0.15) is 5.10 Å². The highest BCUT2D eigenvalue weighted by Gasteiger charge is 2.15. The fourth-order valence-electron chi connectivity index (χ4n) is 3.23. The van der Waals surface area contributed by atoms with E-state index in [1.165, 1.54) is 0 Å². The minimum absolute atomic E-state index is 0.439. The molecule has 0 aliphatic rings. The highest BCUT2D eigenvalue weighted by atomic mass is 16.5. The monoisotopic (exact) mass is 414 g/mol. The van der Waals surface area contributed by atoms with Crippen LogP contribution in [0.15, 0.2) is 78.3 Å². The largest absolute Gasteiger partial charge is 0.472 e.